The molecule has 0 aromatic rings. The van der Waals surface area contributed by atoms with E-state index in [0.717, 1.165) is 14.0 Å². The summed E-state index contributed by atoms with van der Waals surface area (Å²) in [7, 11) is 0.956. The molecule has 5 nitrogen and oxygen atoms in total. The Labute approximate surface area is 90.0 Å². The number of nitrogens with two attached hydrogens (primary N) is 1. The third-order valence-corrected chi connectivity index (χ3v) is 2.29. The van der Waals surface area contributed by atoms with Crippen LogP contribution in [-0.4, -0.2) is 46.7 Å². The zero-order valence-electron chi connectivity index (χ0n) is 9.00. The summed E-state index contributed by atoms with van der Waals surface area (Å²) in [5.74, 6) is -2.90. The number of alkyl halides is 3. The summed E-state index contributed by atoms with van der Waals surface area (Å²) in [6.45, 7) is 1.59. The smallest absolute Gasteiger partial charge is 0.415 e. The monoisotopic (exact) mass is 242 g/mol. The van der Waals surface area contributed by atoms with Gasteiger partial charge < -0.3 is 15.7 Å². The highest BCUT2D eigenvalue weighted by molar-refractivity contribution is 5.90. The van der Waals surface area contributed by atoms with Gasteiger partial charge in [0.15, 0.2) is 5.54 Å². The summed E-state index contributed by atoms with van der Waals surface area (Å²) < 4.78 is 37.2. The molecule has 0 aliphatic carbocycles. The zero-order valence-corrected chi connectivity index (χ0v) is 9.00. The van der Waals surface area contributed by atoms with E-state index in [0.29, 0.717) is 11.8 Å². The van der Waals surface area contributed by atoms with Gasteiger partial charge in [0, 0.05) is 7.05 Å². The number of carbonyl (C=O) groups excluding carboxylic acids is 1. The summed E-state index contributed by atoms with van der Waals surface area (Å²) >= 11 is 0. The first kappa shape index (κ1) is 14.7. The predicted octanol–water partition coefficient (Wildman–Crippen LogP) is 0.198. The zero-order chi connectivity index (χ0) is 13.3. The molecule has 0 aromatic carbocycles. The highest BCUT2D eigenvalue weighted by Gasteiger charge is 2.55. The largest absolute Gasteiger partial charge is 0.480 e. The molecule has 1 amide bonds. The number of nitrogens with zero attached hydrogens (tertiary/aromatic N) is 1. The van der Waals surface area contributed by atoms with E-state index in [1.165, 1.54) is 0 Å². The van der Waals surface area contributed by atoms with Gasteiger partial charge >= 0.3 is 12.1 Å². The van der Waals surface area contributed by atoms with Gasteiger partial charge in [-0.3, -0.25) is 4.79 Å². The fourth-order valence-corrected chi connectivity index (χ4v) is 0.829. The van der Waals surface area contributed by atoms with Crippen LogP contribution in [0.1, 0.15) is 13.8 Å². The Morgan fingerprint density at radius 2 is 1.75 bits per heavy atom. The molecule has 2 unspecified atom stereocenters. The molecular formula is C8H13F3N2O3. The van der Waals surface area contributed by atoms with E-state index in [9.17, 15) is 22.8 Å². The Bertz CT molecular complexity index is 301. The van der Waals surface area contributed by atoms with Crippen LogP contribution in [0.4, 0.5) is 13.2 Å². The van der Waals surface area contributed by atoms with Gasteiger partial charge in [-0.25, -0.2) is 4.79 Å². The molecule has 3 N–H and O–H groups in total. The SMILES string of the molecule is CC(C(=O)O)N(C)C(=O)C(C)(N)C(F)(F)F. The minimum atomic E-state index is -4.93. The molecule has 0 spiro atoms. The molecule has 0 radical (unpaired) electrons. The number of carboxylic acids is 1. The fourth-order valence-electron chi connectivity index (χ4n) is 0.829. The average Bonchev–Trinajstić information content (AvgIpc) is 2.12. The lowest BCUT2D eigenvalue weighted by atomic mass is 10.0. The van der Waals surface area contributed by atoms with Crippen LogP contribution in [0.5, 0.6) is 0 Å². The number of carbonyl (C=O) groups is 2. The van der Waals surface area contributed by atoms with E-state index >= 15 is 0 Å². The topological polar surface area (TPSA) is 83.6 Å². The van der Waals surface area contributed by atoms with Gasteiger partial charge in [-0.1, -0.05) is 0 Å². The van der Waals surface area contributed by atoms with Crippen molar-refractivity contribution in [3.8, 4) is 0 Å². The van der Waals surface area contributed by atoms with Crippen molar-refractivity contribution in [2.75, 3.05) is 7.05 Å². The van der Waals surface area contributed by atoms with Crippen LogP contribution in [0, 0.1) is 0 Å². The summed E-state index contributed by atoms with van der Waals surface area (Å²) in [6, 6.07) is -1.38. The van der Waals surface area contributed by atoms with Crippen molar-refractivity contribution in [1.82, 2.24) is 4.90 Å². The predicted molar refractivity (Wildman–Crippen MR) is 48.5 cm³/mol. The maximum Gasteiger partial charge on any atom is 0.415 e. The van der Waals surface area contributed by atoms with Crippen molar-refractivity contribution in [3.63, 3.8) is 0 Å². The molecule has 0 saturated carbocycles. The summed E-state index contributed by atoms with van der Waals surface area (Å²) in [6.07, 6.45) is -4.93. The third kappa shape index (κ3) is 2.63. The highest BCUT2D eigenvalue weighted by atomic mass is 19.4. The van der Waals surface area contributed by atoms with Crippen molar-refractivity contribution in [1.29, 1.82) is 0 Å². The Hall–Kier alpha value is -1.31. The quantitative estimate of drug-likeness (QED) is 0.740. The van der Waals surface area contributed by atoms with Gasteiger partial charge in [0.1, 0.15) is 6.04 Å². The number of hydrogen-bond donors (Lipinski definition) is 2. The maximum absolute atomic E-state index is 12.4. The van der Waals surface area contributed by atoms with Crippen LogP contribution in [-0.2, 0) is 9.59 Å². The van der Waals surface area contributed by atoms with Gasteiger partial charge in [0.25, 0.3) is 5.91 Å². The Morgan fingerprint density at radius 3 is 2.00 bits per heavy atom. The Balaban J connectivity index is 5.01. The average molecular weight is 242 g/mol. The van der Waals surface area contributed by atoms with E-state index in [2.05, 4.69) is 0 Å². The van der Waals surface area contributed by atoms with Crippen LogP contribution in [0.2, 0.25) is 0 Å². The molecule has 2 atom stereocenters. The fraction of sp³-hybridized carbons (Fsp3) is 0.750. The lowest BCUT2D eigenvalue weighted by molar-refractivity contribution is -0.195. The van der Waals surface area contributed by atoms with Gasteiger partial charge in [0.2, 0.25) is 0 Å². The number of carboxylic acid groups (broad SMARTS) is 1. The van der Waals surface area contributed by atoms with E-state index in [1.807, 2.05) is 0 Å². The molecule has 0 rings (SSSR count). The van der Waals surface area contributed by atoms with Crippen LogP contribution < -0.4 is 5.73 Å². The lowest BCUT2D eigenvalue weighted by Gasteiger charge is -2.32. The first-order valence-corrected chi connectivity index (χ1v) is 4.28. The minimum absolute atomic E-state index is 0.454. The standard InChI is InChI=1S/C8H13F3N2O3/c1-4(5(14)15)13(3)6(16)7(2,12)8(9,10)11/h4H,12H2,1-3H3,(H,14,15). The molecule has 0 aliphatic rings. The molecule has 0 heterocycles. The second-order valence-corrected chi connectivity index (χ2v) is 3.63. The van der Waals surface area contributed by atoms with Crippen LogP contribution >= 0.6 is 0 Å². The van der Waals surface area contributed by atoms with Crippen molar-refractivity contribution in [2.45, 2.75) is 31.6 Å². The van der Waals surface area contributed by atoms with Crippen LogP contribution in [0.25, 0.3) is 0 Å². The number of aliphatic carboxylic acids is 1. The molecule has 16 heavy (non-hydrogen) atoms. The summed E-state index contributed by atoms with van der Waals surface area (Å²) in [4.78, 5) is 22.3. The molecular weight excluding hydrogens is 229 g/mol. The van der Waals surface area contributed by atoms with Gasteiger partial charge in [-0.05, 0) is 13.8 Å². The third-order valence-electron chi connectivity index (χ3n) is 2.29. The summed E-state index contributed by atoms with van der Waals surface area (Å²) in [5, 5.41) is 8.55. The van der Waals surface area contributed by atoms with Crippen LogP contribution in [0.15, 0.2) is 0 Å². The van der Waals surface area contributed by atoms with Gasteiger partial charge in [0.05, 0.1) is 0 Å². The van der Waals surface area contributed by atoms with Crippen molar-refractivity contribution in [3.05, 3.63) is 0 Å². The second kappa shape index (κ2) is 4.28. The van der Waals surface area contributed by atoms with Crippen LogP contribution in [0.3, 0.4) is 0 Å². The lowest BCUT2D eigenvalue weighted by Crippen LogP contribution is -2.63. The molecule has 0 bridgehead atoms. The van der Waals surface area contributed by atoms with Gasteiger partial charge in [-0.2, -0.15) is 13.2 Å². The number of hydrogen-bond acceptors (Lipinski definition) is 3. The molecule has 94 valence electrons. The number of rotatable bonds is 3. The first-order chi connectivity index (χ1) is 6.93. The molecule has 8 heteroatoms. The number of halogens is 3. The molecule has 0 aliphatic heterocycles. The number of amides is 1. The maximum atomic E-state index is 12.4. The van der Waals surface area contributed by atoms with Crippen molar-refractivity contribution in [2.24, 2.45) is 5.73 Å². The Morgan fingerprint density at radius 1 is 1.38 bits per heavy atom. The second-order valence-electron chi connectivity index (χ2n) is 3.63. The minimum Gasteiger partial charge on any atom is -0.480 e. The van der Waals surface area contributed by atoms with E-state index in [4.69, 9.17) is 10.8 Å². The molecule has 0 fully saturated rings. The number of likely N-dealkylation sites (N-methyl/N-ethyl adjacent to an activating group) is 1. The molecule has 0 aromatic heterocycles. The van der Waals surface area contributed by atoms with E-state index < -0.39 is 29.6 Å². The highest BCUT2D eigenvalue weighted by Crippen LogP contribution is 2.29. The summed E-state index contributed by atoms with van der Waals surface area (Å²) in [5.41, 5.74) is 1.78. The van der Waals surface area contributed by atoms with Crippen molar-refractivity contribution >= 4 is 11.9 Å². The van der Waals surface area contributed by atoms with Crippen molar-refractivity contribution < 1.29 is 27.9 Å². The first-order valence-electron chi connectivity index (χ1n) is 4.28. The Kier molecular flexibility index (Phi) is 3.93. The van der Waals surface area contributed by atoms with E-state index in [-0.39, 0.29) is 0 Å². The van der Waals surface area contributed by atoms with E-state index in [1.54, 1.807) is 0 Å². The normalized spacial score (nSPS) is 17.4. The molecule has 0 saturated heterocycles. The van der Waals surface area contributed by atoms with Gasteiger partial charge in [-0.15, -0.1) is 0 Å².